The van der Waals surface area contributed by atoms with E-state index in [-0.39, 0.29) is 16.8 Å². The number of likely N-dealkylation sites (N-methyl/N-ethyl adjacent to an activating group) is 1. The summed E-state index contributed by atoms with van der Waals surface area (Å²) in [7, 11) is -1.97. The Morgan fingerprint density at radius 1 is 1.33 bits per heavy atom. The number of nitrogens with one attached hydrogen (secondary N) is 1. The number of piperidine rings is 1. The molecule has 6 nitrogen and oxygen atoms in total. The number of aryl methyl sites for hydroxylation is 1. The summed E-state index contributed by atoms with van der Waals surface area (Å²) in [6, 6.07) is 2.96. The lowest BCUT2D eigenvalue weighted by atomic mass is 10.1. The minimum absolute atomic E-state index is 0.0430. The van der Waals surface area contributed by atoms with Crippen LogP contribution in [0.25, 0.3) is 0 Å². The van der Waals surface area contributed by atoms with Gasteiger partial charge in [-0.1, -0.05) is 0 Å². The van der Waals surface area contributed by atoms with Crippen LogP contribution >= 0.6 is 0 Å². The summed E-state index contributed by atoms with van der Waals surface area (Å²) >= 11 is 0. The quantitative estimate of drug-likeness (QED) is 0.807. The number of anilines is 1. The Labute approximate surface area is 125 Å². The van der Waals surface area contributed by atoms with E-state index in [0.29, 0.717) is 30.6 Å². The minimum atomic E-state index is -3.64. The zero-order valence-corrected chi connectivity index (χ0v) is 13.3. The summed E-state index contributed by atoms with van der Waals surface area (Å²) in [6.07, 6.45) is 0.876. The van der Waals surface area contributed by atoms with E-state index < -0.39 is 10.0 Å². The average molecular weight is 311 g/mol. The number of carbonyl (C=O) groups excluding carboxylic acids is 1. The second-order valence-electron chi connectivity index (χ2n) is 5.59. The van der Waals surface area contributed by atoms with Gasteiger partial charge in [-0.15, -0.1) is 0 Å². The number of carbonyl (C=O) groups is 1. The summed E-state index contributed by atoms with van der Waals surface area (Å²) in [6.45, 7) is 3.98. The molecule has 1 aliphatic rings. The van der Waals surface area contributed by atoms with E-state index in [4.69, 9.17) is 5.73 Å². The number of hydrogen-bond donors (Lipinski definition) is 2. The Bertz CT molecular complexity index is 670. The first kappa shape index (κ1) is 15.8. The second kappa shape index (κ2) is 5.65. The third-order valence-electron chi connectivity index (χ3n) is 3.88. The van der Waals surface area contributed by atoms with Gasteiger partial charge >= 0.3 is 0 Å². The van der Waals surface area contributed by atoms with Gasteiger partial charge in [-0.2, -0.15) is 0 Å². The monoisotopic (exact) mass is 311 g/mol. The fraction of sp³-hybridized carbons (Fsp3) is 0.500. The molecular formula is C14H21N3O3S. The molecule has 0 saturated carbocycles. The molecule has 1 fully saturated rings. The molecule has 1 amide bonds. The van der Waals surface area contributed by atoms with Gasteiger partial charge in [0.2, 0.25) is 15.9 Å². The number of hydrogen-bond acceptors (Lipinski definition) is 4. The smallest absolute Gasteiger partial charge is 0.241 e. The molecule has 1 saturated heterocycles. The van der Waals surface area contributed by atoms with Gasteiger partial charge in [0, 0.05) is 31.7 Å². The number of amides is 1. The Hall–Kier alpha value is -1.60. The van der Waals surface area contributed by atoms with E-state index in [1.165, 1.54) is 6.07 Å². The lowest BCUT2D eigenvalue weighted by molar-refractivity contribution is -0.132. The van der Waals surface area contributed by atoms with E-state index in [9.17, 15) is 13.2 Å². The van der Waals surface area contributed by atoms with Crippen molar-refractivity contribution in [2.24, 2.45) is 0 Å². The van der Waals surface area contributed by atoms with Crippen LogP contribution in [0.4, 0.5) is 5.69 Å². The fourth-order valence-corrected chi connectivity index (χ4v) is 4.14. The fourth-order valence-electron chi connectivity index (χ4n) is 2.52. The highest BCUT2D eigenvalue weighted by molar-refractivity contribution is 7.89. The first-order valence-electron chi connectivity index (χ1n) is 6.83. The third-order valence-corrected chi connectivity index (χ3v) is 5.53. The first-order chi connectivity index (χ1) is 9.70. The average Bonchev–Trinajstić information content (AvgIpc) is 2.37. The summed E-state index contributed by atoms with van der Waals surface area (Å²) in [5, 5.41) is 0. The molecule has 0 bridgehead atoms. The second-order valence-corrected chi connectivity index (χ2v) is 7.27. The van der Waals surface area contributed by atoms with Crippen LogP contribution in [0.1, 0.15) is 24.0 Å². The molecule has 3 N–H and O–H groups in total. The molecule has 1 aliphatic heterocycles. The summed E-state index contributed by atoms with van der Waals surface area (Å²) in [5.74, 6) is 0.0430. The molecule has 116 valence electrons. The van der Waals surface area contributed by atoms with Crippen LogP contribution in [0.3, 0.4) is 0 Å². The third kappa shape index (κ3) is 3.36. The zero-order chi connectivity index (χ0) is 15.8. The zero-order valence-electron chi connectivity index (χ0n) is 12.5. The van der Waals surface area contributed by atoms with Gasteiger partial charge in [0.05, 0.1) is 4.90 Å². The number of sulfonamides is 1. The summed E-state index contributed by atoms with van der Waals surface area (Å²) < 4.78 is 27.8. The standard InChI is InChI=1S/C14H21N3O3S/c1-9-6-11(15)7-13(10(9)2)21(19,20)16-12-4-5-14(18)17(3)8-12/h6-7,12,16H,4-5,8,15H2,1-3H3. The van der Waals surface area contributed by atoms with Crippen molar-refractivity contribution in [3.63, 3.8) is 0 Å². The van der Waals surface area contributed by atoms with Gasteiger partial charge in [-0.05, 0) is 43.5 Å². The maximum atomic E-state index is 12.5. The first-order valence-corrected chi connectivity index (χ1v) is 8.32. The van der Waals surface area contributed by atoms with Crippen molar-refractivity contribution in [3.8, 4) is 0 Å². The molecule has 7 heteroatoms. The lowest BCUT2D eigenvalue weighted by Gasteiger charge is -2.30. The van der Waals surface area contributed by atoms with Gasteiger partial charge in [-0.3, -0.25) is 4.79 Å². The van der Waals surface area contributed by atoms with Crippen LogP contribution in [0.5, 0.6) is 0 Å². The van der Waals surface area contributed by atoms with E-state index in [1.54, 1.807) is 24.9 Å². The van der Waals surface area contributed by atoms with Gasteiger partial charge in [0.15, 0.2) is 0 Å². The van der Waals surface area contributed by atoms with E-state index in [2.05, 4.69) is 4.72 Å². The van der Waals surface area contributed by atoms with Crippen LogP contribution in [-0.2, 0) is 14.8 Å². The number of nitrogens with zero attached hydrogens (tertiary/aromatic N) is 1. The van der Waals surface area contributed by atoms with Crippen LogP contribution < -0.4 is 10.5 Å². The van der Waals surface area contributed by atoms with Crippen molar-refractivity contribution >= 4 is 21.6 Å². The molecule has 1 aromatic carbocycles. The predicted octanol–water partition coefficient (Wildman–Crippen LogP) is 0.785. The molecule has 0 aromatic heterocycles. The number of nitrogens with two attached hydrogens (primary N) is 1. The van der Waals surface area contributed by atoms with Crippen LogP contribution in [-0.4, -0.2) is 38.9 Å². The number of rotatable bonds is 3. The van der Waals surface area contributed by atoms with Crippen molar-refractivity contribution < 1.29 is 13.2 Å². The van der Waals surface area contributed by atoms with Crippen molar-refractivity contribution in [3.05, 3.63) is 23.3 Å². The van der Waals surface area contributed by atoms with E-state index in [0.717, 1.165) is 5.56 Å². The molecule has 0 spiro atoms. The van der Waals surface area contributed by atoms with Crippen LogP contribution in [0.15, 0.2) is 17.0 Å². The lowest BCUT2D eigenvalue weighted by Crippen LogP contribution is -2.48. The molecule has 1 heterocycles. The Morgan fingerprint density at radius 3 is 2.62 bits per heavy atom. The molecule has 1 aromatic rings. The van der Waals surface area contributed by atoms with E-state index >= 15 is 0 Å². The maximum Gasteiger partial charge on any atom is 0.241 e. The molecule has 21 heavy (non-hydrogen) atoms. The predicted molar refractivity (Wildman–Crippen MR) is 81.3 cm³/mol. The van der Waals surface area contributed by atoms with E-state index in [1.807, 2.05) is 6.92 Å². The van der Waals surface area contributed by atoms with Gasteiger partial charge in [-0.25, -0.2) is 13.1 Å². The van der Waals surface area contributed by atoms with Gasteiger partial charge in [0.1, 0.15) is 0 Å². The highest BCUT2D eigenvalue weighted by Gasteiger charge is 2.28. The largest absolute Gasteiger partial charge is 0.399 e. The number of benzene rings is 1. The summed E-state index contributed by atoms with van der Waals surface area (Å²) in [4.78, 5) is 13.2. The van der Waals surface area contributed by atoms with Crippen molar-refractivity contribution in [1.29, 1.82) is 0 Å². The highest BCUT2D eigenvalue weighted by atomic mass is 32.2. The summed E-state index contributed by atoms with van der Waals surface area (Å²) in [5.41, 5.74) is 7.71. The number of likely N-dealkylation sites (tertiary alicyclic amines) is 1. The SMILES string of the molecule is Cc1cc(N)cc(S(=O)(=O)NC2CCC(=O)N(C)C2)c1C. The number of nitrogen functional groups attached to an aromatic ring is 1. The molecule has 1 unspecified atom stereocenters. The minimum Gasteiger partial charge on any atom is -0.399 e. The normalized spacial score (nSPS) is 19.9. The molecular weight excluding hydrogens is 290 g/mol. The van der Waals surface area contributed by atoms with Gasteiger partial charge < -0.3 is 10.6 Å². The van der Waals surface area contributed by atoms with Gasteiger partial charge in [0.25, 0.3) is 0 Å². The highest BCUT2D eigenvalue weighted by Crippen LogP contribution is 2.23. The van der Waals surface area contributed by atoms with Crippen molar-refractivity contribution in [1.82, 2.24) is 9.62 Å². The van der Waals surface area contributed by atoms with Crippen LogP contribution in [0, 0.1) is 13.8 Å². The topological polar surface area (TPSA) is 92.5 Å². The molecule has 2 rings (SSSR count). The molecule has 0 radical (unpaired) electrons. The van der Waals surface area contributed by atoms with Crippen molar-refractivity contribution in [2.45, 2.75) is 37.6 Å². The molecule has 1 atom stereocenters. The van der Waals surface area contributed by atoms with Crippen LogP contribution in [0.2, 0.25) is 0 Å². The van der Waals surface area contributed by atoms with Crippen molar-refractivity contribution in [2.75, 3.05) is 19.3 Å². The Balaban J connectivity index is 2.25. The molecule has 0 aliphatic carbocycles. The Morgan fingerprint density at radius 2 is 2.00 bits per heavy atom. The maximum absolute atomic E-state index is 12.5. The Kier molecular flexibility index (Phi) is 4.25.